The van der Waals surface area contributed by atoms with E-state index in [4.69, 9.17) is 11.6 Å². The van der Waals surface area contributed by atoms with Gasteiger partial charge >= 0.3 is 5.97 Å². The van der Waals surface area contributed by atoms with Crippen molar-refractivity contribution < 1.29 is 14.3 Å². The van der Waals surface area contributed by atoms with Crippen molar-refractivity contribution in [1.29, 1.82) is 0 Å². The highest BCUT2D eigenvalue weighted by Gasteiger charge is 2.21. The molecule has 0 atom stereocenters. The number of thiazole rings is 1. The fraction of sp³-hybridized carbons (Fsp3) is 0.182. The van der Waals surface area contributed by atoms with Crippen LogP contribution in [0.1, 0.15) is 19.3 Å². The van der Waals surface area contributed by atoms with Gasteiger partial charge in [0, 0.05) is 0 Å². The Kier molecular flexibility index (Phi) is 5.03. The van der Waals surface area contributed by atoms with Crippen LogP contribution in [0.15, 0.2) is 16.5 Å². The third kappa shape index (κ3) is 3.32. The Labute approximate surface area is 132 Å². The lowest BCUT2D eigenvalue weighted by molar-refractivity contribution is 0.0607. The van der Waals surface area contributed by atoms with Gasteiger partial charge in [-0.05, 0) is 18.4 Å². The predicted molar refractivity (Wildman–Crippen MR) is 82.5 cm³/mol. The number of amides is 1. The number of esters is 1. The fourth-order valence-corrected chi connectivity index (χ4v) is 3.68. The van der Waals surface area contributed by atoms with Gasteiger partial charge < -0.3 is 10.1 Å². The van der Waals surface area contributed by atoms with Crippen LogP contribution >= 0.6 is 46.0 Å². The first-order valence-corrected chi connectivity index (χ1v) is 8.48. The number of methoxy groups -OCH3 is 1. The quantitative estimate of drug-likeness (QED) is 0.675. The molecular weight excluding hydrogens is 340 g/mol. The lowest BCUT2D eigenvalue weighted by atomic mass is 10.4. The van der Waals surface area contributed by atoms with Gasteiger partial charge in [-0.2, -0.15) is 0 Å². The lowest BCUT2D eigenvalue weighted by Gasteiger charge is -2.02. The standard InChI is InChI=1S/C11H9ClN2O3S3/c1-17-10(16)7-8(14-11(18-2)20-7)13-9(15)5-3-4-6(12)19-5/h3-4H,1-2H3,(H,13,15). The zero-order valence-corrected chi connectivity index (χ0v) is 13.6. The van der Waals surface area contributed by atoms with Crippen molar-refractivity contribution in [2.75, 3.05) is 18.7 Å². The Bertz CT molecular complexity index is 653. The largest absolute Gasteiger partial charge is 0.465 e. The maximum atomic E-state index is 12.0. The van der Waals surface area contributed by atoms with Crippen molar-refractivity contribution in [2.24, 2.45) is 0 Å². The van der Waals surface area contributed by atoms with Crippen molar-refractivity contribution in [1.82, 2.24) is 4.98 Å². The molecule has 0 aromatic carbocycles. The number of hydrogen-bond acceptors (Lipinski definition) is 7. The maximum absolute atomic E-state index is 12.0. The summed E-state index contributed by atoms with van der Waals surface area (Å²) in [6.07, 6.45) is 1.84. The van der Waals surface area contributed by atoms with Crippen molar-refractivity contribution >= 4 is 63.7 Å². The molecule has 2 aromatic heterocycles. The van der Waals surface area contributed by atoms with Crippen LogP contribution in [0.3, 0.4) is 0 Å². The molecule has 0 fully saturated rings. The van der Waals surface area contributed by atoms with E-state index < -0.39 is 5.97 Å². The number of thioether (sulfide) groups is 1. The van der Waals surface area contributed by atoms with E-state index in [1.54, 1.807) is 12.1 Å². The van der Waals surface area contributed by atoms with Gasteiger partial charge in [0.1, 0.15) is 0 Å². The van der Waals surface area contributed by atoms with Crippen LogP contribution in [0.2, 0.25) is 4.34 Å². The first kappa shape index (κ1) is 15.3. The number of rotatable bonds is 4. The minimum Gasteiger partial charge on any atom is -0.465 e. The molecule has 1 amide bonds. The number of aromatic nitrogens is 1. The molecule has 106 valence electrons. The molecule has 1 N–H and O–H groups in total. The van der Waals surface area contributed by atoms with Gasteiger partial charge in [-0.1, -0.05) is 34.7 Å². The second-order valence-corrected chi connectivity index (χ2v) is 7.18. The third-order valence-electron chi connectivity index (χ3n) is 2.18. The molecule has 0 radical (unpaired) electrons. The van der Waals surface area contributed by atoms with Crippen molar-refractivity contribution in [3.63, 3.8) is 0 Å². The second-order valence-electron chi connectivity index (χ2n) is 3.41. The Morgan fingerprint density at radius 1 is 1.40 bits per heavy atom. The zero-order valence-electron chi connectivity index (χ0n) is 10.4. The summed E-state index contributed by atoms with van der Waals surface area (Å²) < 4.78 is 5.87. The van der Waals surface area contributed by atoms with Crippen LogP contribution in [0.5, 0.6) is 0 Å². The van der Waals surface area contributed by atoms with Crippen LogP contribution in [0.4, 0.5) is 5.82 Å². The minimum atomic E-state index is -0.526. The van der Waals surface area contributed by atoms with Crippen molar-refractivity contribution in [2.45, 2.75) is 4.34 Å². The number of carbonyl (C=O) groups excluding carboxylic acids is 2. The molecular formula is C11H9ClN2O3S3. The van der Waals surface area contributed by atoms with Crippen LogP contribution < -0.4 is 5.32 Å². The van der Waals surface area contributed by atoms with Gasteiger partial charge in [-0.25, -0.2) is 9.78 Å². The first-order valence-electron chi connectivity index (χ1n) is 5.25. The summed E-state index contributed by atoms with van der Waals surface area (Å²) in [5, 5.41) is 2.61. The van der Waals surface area contributed by atoms with Gasteiger partial charge in [-0.3, -0.25) is 4.79 Å². The summed E-state index contributed by atoms with van der Waals surface area (Å²) in [5.41, 5.74) is 0. The molecule has 0 unspecified atom stereocenters. The molecule has 9 heteroatoms. The smallest absolute Gasteiger partial charge is 0.351 e. The third-order valence-corrected chi connectivity index (χ3v) is 5.43. The minimum absolute atomic E-state index is 0.209. The molecule has 0 aliphatic heterocycles. The van der Waals surface area contributed by atoms with Crippen LogP contribution in [0, 0.1) is 0 Å². The van der Waals surface area contributed by atoms with E-state index in [0.29, 0.717) is 13.6 Å². The van der Waals surface area contributed by atoms with E-state index in [-0.39, 0.29) is 16.6 Å². The number of nitrogens with zero attached hydrogens (tertiary/aromatic N) is 1. The van der Waals surface area contributed by atoms with Crippen molar-refractivity contribution in [3.05, 3.63) is 26.2 Å². The van der Waals surface area contributed by atoms with Crippen LogP contribution in [0.25, 0.3) is 0 Å². The summed E-state index contributed by atoms with van der Waals surface area (Å²) >= 11 is 9.50. The van der Waals surface area contributed by atoms with Gasteiger partial charge in [0.2, 0.25) is 0 Å². The van der Waals surface area contributed by atoms with E-state index in [1.807, 2.05) is 6.26 Å². The molecule has 2 heterocycles. The first-order chi connectivity index (χ1) is 9.55. The van der Waals surface area contributed by atoms with E-state index in [0.717, 1.165) is 11.3 Å². The number of nitrogens with one attached hydrogen (secondary N) is 1. The Morgan fingerprint density at radius 3 is 2.70 bits per heavy atom. The summed E-state index contributed by atoms with van der Waals surface area (Å²) in [4.78, 5) is 28.6. The van der Waals surface area contributed by atoms with Gasteiger partial charge in [-0.15, -0.1) is 11.3 Å². The van der Waals surface area contributed by atoms with Gasteiger partial charge in [0.25, 0.3) is 5.91 Å². The van der Waals surface area contributed by atoms with Gasteiger partial charge in [0.05, 0.1) is 16.3 Å². The Hall–Kier alpha value is -1.09. The normalized spacial score (nSPS) is 10.3. The average molecular weight is 349 g/mol. The zero-order chi connectivity index (χ0) is 14.7. The Morgan fingerprint density at radius 2 is 2.15 bits per heavy atom. The molecule has 0 saturated heterocycles. The average Bonchev–Trinajstić information content (AvgIpc) is 3.04. The fourth-order valence-electron chi connectivity index (χ4n) is 1.31. The van der Waals surface area contributed by atoms with Gasteiger partial charge in [0.15, 0.2) is 15.0 Å². The lowest BCUT2D eigenvalue weighted by Crippen LogP contribution is -2.13. The molecule has 0 bridgehead atoms. The number of carbonyl (C=O) groups is 2. The molecule has 5 nitrogen and oxygen atoms in total. The molecule has 0 aliphatic carbocycles. The second kappa shape index (κ2) is 6.57. The highest BCUT2D eigenvalue weighted by Crippen LogP contribution is 2.30. The molecule has 2 aromatic rings. The molecule has 20 heavy (non-hydrogen) atoms. The molecule has 0 aliphatic rings. The monoisotopic (exact) mass is 348 g/mol. The topological polar surface area (TPSA) is 68.3 Å². The number of anilines is 1. The maximum Gasteiger partial charge on any atom is 0.351 e. The summed E-state index contributed by atoms with van der Waals surface area (Å²) in [6.45, 7) is 0. The van der Waals surface area contributed by atoms with Crippen LogP contribution in [-0.2, 0) is 4.74 Å². The summed E-state index contributed by atoms with van der Waals surface area (Å²) in [5.74, 6) is -0.673. The van der Waals surface area contributed by atoms with E-state index >= 15 is 0 Å². The van der Waals surface area contributed by atoms with E-state index in [1.165, 1.54) is 30.2 Å². The highest BCUT2D eigenvalue weighted by atomic mass is 35.5. The predicted octanol–water partition coefficient (Wildman–Crippen LogP) is 3.62. The number of ether oxygens (including phenoxy) is 1. The number of hydrogen-bond donors (Lipinski definition) is 1. The highest BCUT2D eigenvalue weighted by molar-refractivity contribution is 8.00. The van der Waals surface area contributed by atoms with E-state index in [9.17, 15) is 9.59 Å². The molecule has 0 saturated carbocycles. The molecule has 2 rings (SSSR count). The van der Waals surface area contributed by atoms with E-state index in [2.05, 4.69) is 15.0 Å². The SMILES string of the molecule is COC(=O)c1sc(SC)nc1NC(=O)c1ccc(Cl)s1. The number of thiophene rings is 1. The summed E-state index contributed by atoms with van der Waals surface area (Å²) in [6, 6.07) is 3.25. The van der Waals surface area contributed by atoms with Crippen LogP contribution in [-0.4, -0.2) is 30.2 Å². The summed E-state index contributed by atoms with van der Waals surface area (Å²) in [7, 11) is 1.28. The van der Waals surface area contributed by atoms with Crippen molar-refractivity contribution in [3.8, 4) is 0 Å². The number of halogens is 1. The molecule has 0 spiro atoms. The Balaban J connectivity index is 2.26.